The van der Waals surface area contributed by atoms with E-state index in [4.69, 9.17) is 5.11 Å². The number of hydrogen-bond acceptors (Lipinski definition) is 2. The summed E-state index contributed by atoms with van der Waals surface area (Å²) >= 11 is 0. The summed E-state index contributed by atoms with van der Waals surface area (Å²) in [4.78, 5) is 11.6. The van der Waals surface area contributed by atoms with Crippen molar-refractivity contribution in [3.63, 3.8) is 0 Å². The molecule has 3 atom stereocenters. The number of urea groups is 1. The average molecular weight is 244 g/mol. The molecule has 0 aliphatic heterocycles. The number of hydrogen-bond donors (Lipinski definition) is 3. The van der Waals surface area contributed by atoms with Gasteiger partial charge in [0.25, 0.3) is 0 Å². The van der Waals surface area contributed by atoms with Gasteiger partial charge in [0.2, 0.25) is 0 Å². The maximum absolute atomic E-state index is 11.6. The molecule has 0 saturated heterocycles. The van der Waals surface area contributed by atoms with Crippen molar-refractivity contribution in [2.24, 2.45) is 5.92 Å². The van der Waals surface area contributed by atoms with Crippen LogP contribution in [0.1, 0.15) is 53.4 Å². The zero-order valence-corrected chi connectivity index (χ0v) is 11.6. The minimum absolute atomic E-state index is 0.105. The van der Waals surface area contributed by atoms with Gasteiger partial charge in [0.15, 0.2) is 0 Å². The van der Waals surface area contributed by atoms with Crippen LogP contribution >= 0.6 is 0 Å². The Morgan fingerprint density at radius 1 is 1.18 bits per heavy atom. The Morgan fingerprint density at radius 2 is 1.76 bits per heavy atom. The number of carbonyl (C=O) groups is 1. The van der Waals surface area contributed by atoms with E-state index in [1.54, 1.807) is 0 Å². The topological polar surface area (TPSA) is 61.4 Å². The Hall–Kier alpha value is -0.770. The predicted molar refractivity (Wildman–Crippen MR) is 71.0 cm³/mol. The first-order valence-corrected chi connectivity index (χ1v) is 6.67. The van der Waals surface area contributed by atoms with Crippen LogP contribution in [0.25, 0.3) is 0 Å². The summed E-state index contributed by atoms with van der Waals surface area (Å²) in [7, 11) is 0. The Balaban J connectivity index is 3.76. The van der Waals surface area contributed by atoms with Crippen molar-refractivity contribution in [3.05, 3.63) is 0 Å². The van der Waals surface area contributed by atoms with Crippen LogP contribution in [-0.4, -0.2) is 29.8 Å². The molecule has 3 unspecified atom stereocenters. The van der Waals surface area contributed by atoms with Crippen LogP contribution in [0, 0.1) is 5.92 Å². The first kappa shape index (κ1) is 16.2. The van der Waals surface area contributed by atoms with Crippen molar-refractivity contribution in [2.45, 2.75) is 65.5 Å². The second-order valence-corrected chi connectivity index (χ2v) is 5.03. The molecule has 0 aliphatic rings. The molecule has 3 N–H and O–H groups in total. The van der Waals surface area contributed by atoms with Crippen LogP contribution < -0.4 is 10.6 Å². The van der Waals surface area contributed by atoms with E-state index in [2.05, 4.69) is 24.5 Å². The zero-order chi connectivity index (χ0) is 13.3. The molecule has 0 bridgehead atoms. The first-order valence-electron chi connectivity index (χ1n) is 6.67. The normalized spacial score (nSPS) is 16.1. The summed E-state index contributed by atoms with van der Waals surface area (Å²) in [5.74, 6) is 0.636. The molecule has 0 saturated carbocycles. The fourth-order valence-corrected chi connectivity index (χ4v) is 1.79. The van der Waals surface area contributed by atoms with Crippen LogP contribution in [-0.2, 0) is 0 Å². The molecule has 102 valence electrons. The molecule has 0 spiro atoms. The molecule has 0 aromatic carbocycles. The summed E-state index contributed by atoms with van der Waals surface area (Å²) in [6.45, 7) is 8.52. The van der Waals surface area contributed by atoms with Gasteiger partial charge in [-0.05, 0) is 39.0 Å². The van der Waals surface area contributed by atoms with Gasteiger partial charge in [-0.3, -0.25) is 0 Å². The second kappa shape index (κ2) is 9.28. The Labute approximate surface area is 105 Å². The lowest BCUT2D eigenvalue weighted by Crippen LogP contribution is -2.44. The van der Waals surface area contributed by atoms with Crippen molar-refractivity contribution in [3.8, 4) is 0 Å². The summed E-state index contributed by atoms with van der Waals surface area (Å²) < 4.78 is 0. The van der Waals surface area contributed by atoms with Crippen molar-refractivity contribution in [1.29, 1.82) is 0 Å². The zero-order valence-electron chi connectivity index (χ0n) is 11.6. The minimum Gasteiger partial charge on any atom is -0.396 e. The minimum atomic E-state index is -0.105. The van der Waals surface area contributed by atoms with Gasteiger partial charge in [0.05, 0.1) is 0 Å². The summed E-state index contributed by atoms with van der Waals surface area (Å²) in [5, 5.41) is 14.5. The molecule has 0 radical (unpaired) electrons. The van der Waals surface area contributed by atoms with Crippen molar-refractivity contribution >= 4 is 6.03 Å². The van der Waals surface area contributed by atoms with E-state index in [0.717, 1.165) is 25.7 Å². The van der Waals surface area contributed by atoms with Crippen LogP contribution in [0.5, 0.6) is 0 Å². The molecular weight excluding hydrogens is 216 g/mol. The van der Waals surface area contributed by atoms with Crippen LogP contribution in [0.15, 0.2) is 0 Å². The predicted octanol–water partition coefficient (Wildman–Crippen LogP) is 2.27. The van der Waals surface area contributed by atoms with Gasteiger partial charge < -0.3 is 15.7 Å². The van der Waals surface area contributed by atoms with Crippen molar-refractivity contribution in [2.75, 3.05) is 6.61 Å². The fourth-order valence-electron chi connectivity index (χ4n) is 1.79. The van der Waals surface area contributed by atoms with Gasteiger partial charge in [-0.25, -0.2) is 4.79 Å². The van der Waals surface area contributed by atoms with E-state index in [0.29, 0.717) is 5.92 Å². The SMILES string of the molecule is CCC(C)CC(C)NC(=O)NC(C)CCCO. The highest BCUT2D eigenvalue weighted by atomic mass is 16.3. The third-order valence-corrected chi connectivity index (χ3v) is 3.00. The summed E-state index contributed by atoms with van der Waals surface area (Å²) in [5.41, 5.74) is 0. The molecule has 0 heterocycles. The standard InChI is InChI=1S/C13H28N2O2/c1-5-10(2)9-12(4)15-13(17)14-11(3)7-6-8-16/h10-12,16H,5-9H2,1-4H3,(H2,14,15,17). The monoisotopic (exact) mass is 244 g/mol. The average Bonchev–Trinajstić information content (AvgIpc) is 2.25. The number of carbonyl (C=O) groups excluding carboxylic acids is 1. The molecule has 0 aliphatic carbocycles. The third-order valence-electron chi connectivity index (χ3n) is 3.00. The second-order valence-electron chi connectivity index (χ2n) is 5.03. The van der Waals surface area contributed by atoms with Crippen LogP contribution in [0.4, 0.5) is 4.79 Å². The smallest absolute Gasteiger partial charge is 0.315 e. The van der Waals surface area contributed by atoms with E-state index in [1.165, 1.54) is 0 Å². The number of nitrogens with one attached hydrogen (secondary N) is 2. The van der Waals surface area contributed by atoms with Crippen LogP contribution in [0.3, 0.4) is 0 Å². The number of aliphatic hydroxyl groups is 1. The lowest BCUT2D eigenvalue weighted by Gasteiger charge is -2.20. The molecule has 0 rings (SSSR count). The highest BCUT2D eigenvalue weighted by Crippen LogP contribution is 2.09. The maximum Gasteiger partial charge on any atom is 0.315 e. The lowest BCUT2D eigenvalue weighted by atomic mass is 10.0. The molecule has 0 aromatic rings. The van der Waals surface area contributed by atoms with E-state index in [1.807, 2.05) is 13.8 Å². The lowest BCUT2D eigenvalue weighted by molar-refractivity contribution is 0.229. The molecule has 17 heavy (non-hydrogen) atoms. The van der Waals surface area contributed by atoms with E-state index < -0.39 is 0 Å². The van der Waals surface area contributed by atoms with Gasteiger partial charge in [-0.2, -0.15) is 0 Å². The van der Waals surface area contributed by atoms with Gasteiger partial charge in [0, 0.05) is 18.7 Å². The quantitative estimate of drug-likeness (QED) is 0.613. The fraction of sp³-hybridized carbons (Fsp3) is 0.923. The summed E-state index contributed by atoms with van der Waals surface area (Å²) in [6.07, 6.45) is 3.68. The molecule has 4 nitrogen and oxygen atoms in total. The number of rotatable bonds is 8. The van der Waals surface area contributed by atoms with Crippen LogP contribution in [0.2, 0.25) is 0 Å². The van der Waals surface area contributed by atoms with Crippen molar-refractivity contribution in [1.82, 2.24) is 10.6 Å². The van der Waals surface area contributed by atoms with E-state index >= 15 is 0 Å². The van der Waals surface area contributed by atoms with E-state index in [9.17, 15) is 4.79 Å². The first-order chi connectivity index (χ1) is 7.99. The third kappa shape index (κ3) is 8.98. The van der Waals surface area contributed by atoms with Gasteiger partial charge in [-0.1, -0.05) is 20.3 Å². The molecular formula is C13H28N2O2. The molecule has 2 amide bonds. The largest absolute Gasteiger partial charge is 0.396 e. The maximum atomic E-state index is 11.6. The molecule has 0 fully saturated rings. The Morgan fingerprint density at radius 3 is 2.29 bits per heavy atom. The Kier molecular flexibility index (Phi) is 8.86. The Bertz CT molecular complexity index is 210. The molecule has 4 heteroatoms. The van der Waals surface area contributed by atoms with E-state index in [-0.39, 0.29) is 24.7 Å². The highest BCUT2D eigenvalue weighted by Gasteiger charge is 2.11. The summed E-state index contributed by atoms with van der Waals surface area (Å²) in [6, 6.07) is 0.208. The van der Waals surface area contributed by atoms with Crippen molar-refractivity contribution < 1.29 is 9.90 Å². The van der Waals surface area contributed by atoms with Gasteiger partial charge in [-0.15, -0.1) is 0 Å². The van der Waals surface area contributed by atoms with Gasteiger partial charge in [0.1, 0.15) is 0 Å². The molecule has 0 aromatic heterocycles. The van der Waals surface area contributed by atoms with Gasteiger partial charge >= 0.3 is 6.03 Å². The highest BCUT2D eigenvalue weighted by molar-refractivity contribution is 5.74. The number of amides is 2. The number of aliphatic hydroxyl groups excluding tert-OH is 1.